The summed E-state index contributed by atoms with van der Waals surface area (Å²) in [5.41, 5.74) is 1.21. The molecule has 2 aromatic carbocycles. The van der Waals surface area contributed by atoms with Crippen molar-refractivity contribution in [3.63, 3.8) is 0 Å². The number of benzene rings is 2. The van der Waals surface area contributed by atoms with Crippen LogP contribution in [0.4, 0.5) is 5.69 Å². The highest BCUT2D eigenvalue weighted by molar-refractivity contribution is 7.92. The molecule has 0 unspecified atom stereocenters. The molecule has 0 aliphatic carbocycles. The van der Waals surface area contributed by atoms with Crippen molar-refractivity contribution in [3.05, 3.63) is 58.1 Å². The summed E-state index contributed by atoms with van der Waals surface area (Å²) in [6, 6.07) is 12.1. The molecule has 0 aliphatic rings. The highest BCUT2D eigenvalue weighted by atomic mass is 35.5. The van der Waals surface area contributed by atoms with Gasteiger partial charge in [0.1, 0.15) is 12.4 Å². The molecule has 0 spiro atoms. The molecule has 6 nitrogen and oxygen atoms in total. The molecule has 0 aromatic heterocycles. The Morgan fingerprint density at radius 3 is 2.48 bits per heavy atom. The number of anilines is 1. The van der Waals surface area contributed by atoms with Gasteiger partial charge in [-0.2, -0.15) is 0 Å². The number of sulfonamides is 1. The van der Waals surface area contributed by atoms with Crippen molar-refractivity contribution in [2.75, 3.05) is 30.3 Å². The van der Waals surface area contributed by atoms with E-state index < -0.39 is 10.0 Å². The third-order valence-electron chi connectivity index (χ3n) is 4.18. The fraction of sp³-hybridized carbons (Fsp3) is 0.350. The SMILES string of the molecule is Cc1c(Cl)cccc1N(CCCC(=O)NCCOc1ccc(Cl)cc1)S(C)(=O)=O. The van der Waals surface area contributed by atoms with E-state index in [1.54, 1.807) is 49.4 Å². The summed E-state index contributed by atoms with van der Waals surface area (Å²) in [7, 11) is -3.50. The lowest BCUT2D eigenvalue weighted by Gasteiger charge is -2.24. The summed E-state index contributed by atoms with van der Waals surface area (Å²) in [5.74, 6) is 0.505. The molecular formula is C20H24Cl2N2O4S. The van der Waals surface area contributed by atoms with E-state index in [1.165, 1.54) is 4.31 Å². The van der Waals surface area contributed by atoms with Crippen LogP contribution in [0.2, 0.25) is 10.0 Å². The minimum atomic E-state index is -3.50. The van der Waals surface area contributed by atoms with Gasteiger partial charge in [-0.25, -0.2) is 8.42 Å². The summed E-state index contributed by atoms with van der Waals surface area (Å²) in [6.45, 7) is 2.63. The van der Waals surface area contributed by atoms with E-state index in [-0.39, 0.29) is 18.9 Å². The standard InChI is InChI=1S/C20H24Cl2N2O4S/c1-15-18(22)5-3-6-19(15)24(29(2,26)27)13-4-7-20(25)23-12-14-28-17-10-8-16(21)9-11-17/h3,5-6,8-11H,4,7,12-14H2,1-2H3,(H,23,25). The number of carbonyl (C=O) groups is 1. The highest BCUT2D eigenvalue weighted by Crippen LogP contribution is 2.28. The first-order chi connectivity index (χ1) is 13.7. The van der Waals surface area contributed by atoms with Crippen LogP contribution in [0.5, 0.6) is 5.75 Å². The summed E-state index contributed by atoms with van der Waals surface area (Å²) in [5, 5.41) is 3.88. The van der Waals surface area contributed by atoms with Crippen LogP contribution in [-0.2, 0) is 14.8 Å². The molecule has 0 aliphatic heterocycles. The zero-order valence-corrected chi connectivity index (χ0v) is 18.6. The van der Waals surface area contributed by atoms with Crippen LogP contribution in [0.3, 0.4) is 0 Å². The Bertz CT molecular complexity index is 934. The van der Waals surface area contributed by atoms with E-state index in [1.807, 2.05) is 0 Å². The predicted molar refractivity (Wildman–Crippen MR) is 118 cm³/mol. The van der Waals surface area contributed by atoms with Gasteiger partial charge in [0.05, 0.1) is 18.5 Å². The maximum absolute atomic E-state index is 12.2. The number of halogens is 2. The number of rotatable bonds is 10. The predicted octanol–water partition coefficient (Wildman–Crippen LogP) is 4.04. The molecule has 9 heteroatoms. The highest BCUT2D eigenvalue weighted by Gasteiger charge is 2.20. The molecule has 0 fully saturated rings. The fourth-order valence-corrected chi connectivity index (χ4v) is 4.00. The van der Waals surface area contributed by atoms with E-state index in [0.29, 0.717) is 46.6 Å². The van der Waals surface area contributed by atoms with E-state index in [9.17, 15) is 13.2 Å². The molecule has 2 rings (SSSR count). The van der Waals surface area contributed by atoms with Crippen LogP contribution in [0.25, 0.3) is 0 Å². The second kappa shape index (κ2) is 10.7. The third-order valence-corrected chi connectivity index (χ3v) is 6.02. The van der Waals surface area contributed by atoms with Gasteiger partial charge in [-0.3, -0.25) is 9.10 Å². The smallest absolute Gasteiger partial charge is 0.232 e. The third kappa shape index (κ3) is 7.42. The van der Waals surface area contributed by atoms with Crippen LogP contribution in [0, 0.1) is 6.92 Å². The van der Waals surface area contributed by atoms with Gasteiger partial charge in [-0.15, -0.1) is 0 Å². The van der Waals surface area contributed by atoms with Crippen LogP contribution in [0.1, 0.15) is 18.4 Å². The molecule has 1 N–H and O–H groups in total. The topological polar surface area (TPSA) is 75.7 Å². The second-order valence-electron chi connectivity index (χ2n) is 6.47. The monoisotopic (exact) mass is 458 g/mol. The van der Waals surface area contributed by atoms with Crippen molar-refractivity contribution in [1.82, 2.24) is 5.32 Å². The lowest BCUT2D eigenvalue weighted by Crippen LogP contribution is -2.33. The largest absolute Gasteiger partial charge is 0.492 e. The molecule has 0 radical (unpaired) electrons. The molecule has 0 bridgehead atoms. The molecule has 1 amide bonds. The summed E-state index contributed by atoms with van der Waals surface area (Å²) >= 11 is 11.9. The van der Waals surface area contributed by atoms with Gasteiger partial charge in [0.15, 0.2) is 0 Å². The van der Waals surface area contributed by atoms with Gasteiger partial charge < -0.3 is 10.1 Å². The molecule has 0 atom stereocenters. The Balaban J connectivity index is 1.79. The zero-order chi connectivity index (χ0) is 21.4. The van der Waals surface area contributed by atoms with Crippen molar-refractivity contribution < 1.29 is 17.9 Å². The molecular weight excluding hydrogens is 435 g/mol. The van der Waals surface area contributed by atoms with Gasteiger partial charge in [-0.05, 0) is 55.3 Å². The molecule has 0 heterocycles. The normalized spacial score (nSPS) is 11.2. The first-order valence-electron chi connectivity index (χ1n) is 9.06. The molecule has 2 aromatic rings. The zero-order valence-electron chi connectivity index (χ0n) is 16.3. The Morgan fingerprint density at radius 1 is 1.14 bits per heavy atom. The number of carbonyl (C=O) groups excluding carboxylic acids is 1. The molecule has 29 heavy (non-hydrogen) atoms. The van der Waals surface area contributed by atoms with E-state index in [4.69, 9.17) is 27.9 Å². The van der Waals surface area contributed by atoms with E-state index in [2.05, 4.69) is 5.32 Å². The van der Waals surface area contributed by atoms with Crippen molar-refractivity contribution in [1.29, 1.82) is 0 Å². The van der Waals surface area contributed by atoms with Crippen molar-refractivity contribution in [3.8, 4) is 5.75 Å². The number of nitrogens with zero attached hydrogens (tertiary/aromatic N) is 1. The number of nitrogens with one attached hydrogen (secondary N) is 1. The lowest BCUT2D eigenvalue weighted by molar-refractivity contribution is -0.121. The van der Waals surface area contributed by atoms with Gasteiger partial charge >= 0.3 is 0 Å². The van der Waals surface area contributed by atoms with Gasteiger partial charge in [0.25, 0.3) is 0 Å². The average Bonchev–Trinajstić information content (AvgIpc) is 2.65. The average molecular weight is 459 g/mol. The lowest BCUT2D eigenvalue weighted by atomic mass is 10.2. The summed E-state index contributed by atoms with van der Waals surface area (Å²) < 4.78 is 31.2. The Kier molecular flexibility index (Phi) is 8.61. The second-order valence-corrected chi connectivity index (χ2v) is 9.23. The maximum atomic E-state index is 12.2. The Morgan fingerprint density at radius 2 is 1.83 bits per heavy atom. The fourth-order valence-electron chi connectivity index (χ4n) is 2.69. The van der Waals surface area contributed by atoms with Crippen LogP contribution < -0.4 is 14.4 Å². The quantitative estimate of drug-likeness (QED) is 0.544. The van der Waals surface area contributed by atoms with Gasteiger partial charge in [-0.1, -0.05) is 29.3 Å². The first kappa shape index (κ1) is 23.3. The van der Waals surface area contributed by atoms with Crippen molar-refractivity contribution >= 4 is 44.8 Å². The molecule has 0 saturated carbocycles. The number of hydrogen-bond donors (Lipinski definition) is 1. The van der Waals surface area contributed by atoms with E-state index in [0.717, 1.165) is 6.26 Å². The number of amides is 1. The van der Waals surface area contributed by atoms with Crippen LogP contribution >= 0.6 is 23.2 Å². The minimum Gasteiger partial charge on any atom is -0.492 e. The molecule has 0 saturated heterocycles. The minimum absolute atomic E-state index is 0.166. The summed E-state index contributed by atoms with van der Waals surface area (Å²) in [4.78, 5) is 12.0. The van der Waals surface area contributed by atoms with E-state index >= 15 is 0 Å². The van der Waals surface area contributed by atoms with Crippen molar-refractivity contribution in [2.24, 2.45) is 0 Å². The van der Waals surface area contributed by atoms with Gasteiger partial charge in [0.2, 0.25) is 15.9 Å². The first-order valence-corrected chi connectivity index (χ1v) is 11.7. The maximum Gasteiger partial charge on any atom is 0.232 e. The number of ether oxygens (including phenoxy) is 1. The Labute approximate surface area is 181 Å². The number of hydrogen-bond acceptors (Lipinski definition) is 4. The molecule has 158 valence electrons. The van der Waals surface area contributed by atoms with Crippen molar-refractivity contribution in [2.45, 2.75) is 19.8 Å². The van der Waals surface area contributed by atoms with Crippen LogP contribution in [-0.4, -0.2) is 40.3 Å². The Hall–Kier alpha value is -1.96. The summed E-state index contributed by atoms with van der Waals surface area (Å²) in [6.07, 6.45) is 1.72. The van der Waals surface area contributed by atoms with Crippen LogP contribution in [0.15, 0.2) is 42.5 Å². The van der Waals surface area contributed by atoms with Gasteiger partial charge in [0, 0.05) is 23.0 Å².